The molecule has 0 aliphatic heterocycles. The highest BCUT2D eigenvalue weighted by Gasteiger charge is 2.25. The van der Waals surface area contributed by atoms with Crippen molar-refractivity contribution in [1.29, 1.82) is 0 Å². The summed E-state index contributed by atoms with van der Waals surface area (Å²) in [6.07, 6.45) is 1.11. The van der Waals surface area contributed by atoms with Crippen molar-refractivity contribution in [3.63, 3.8) is 0 Å². The first-order valence-corrected chi connectivity index (χ1v) is 14.1. The van der Waals surface area contributed by atoms with Crippen molar-refractivity contribution < 1.29 is 9.90 Å². The van der Waals surface area contributed by atoms with E-state index < -0.39 is 28.2 Å². The number of rotatable bonds is 9. The van der Waals surface area contributed by atoms with E-state index in [1.54, 1.807) is 18.2 Å². The Morgan fingerprint density at radius 3 is 1.58 bits per heavy atom. The maximum atomic E-state index is 14.2. The number of carboxylic acids is 1. The van der Waals surface area contributed by atoms with Crippen molar-refractivity contribution in [3.05, 3.63) is 77.3 Å². The van der Waals surface area contributed by atoms with Crippen molar-refractivity contribution in [3.8, 4) is 0 Å². The van der Waals surface area contributed by atoms with E-state index in [4.69, 9.17) is 0 Å². The lowest BCUT2D eigenvalue weighted by Gasteiger charge is -2.18. The highest BCUT2D eigenvalue weighted by atomic mass is 16.4. The van der Waals surface area contributed by atoms with Crippen LogP contribution in [0.25, 0.3) is 54.4 Å². The number of H-pyrrole nitrogens is 2. The molecule has 0 atom stereocenters. The Bertz CT molecular complexity index is 2330. The van der Waals surface area contributed by atoms with Crippen LogP contribution in [0.4, 0.5) is 0 Å². The molecule has 3 N–H and O–H groups in total. The Morgan fingerprint density at radius 1 is 0.674 bits per heavy atom. The van der Waals surface area contributed by atoms with E-state index in [2.05, 4.69) is 9.97 Å². The van der Waals surface area contributed by atoms with Crippen molar-refractivity contribution >= 4 is 60.4 Å². The van der Waals surface area contributed by atoms with Gasteiger partial charge in [-0.05, 0) is 84.5 Å². The second-order valence-corrected chi connectivity index (χ2v) is 11.6. The summed E-state index contributed by atoms with van der Waals surface area (Å²) in [6, 6.07) is 7.60. The summed E-state index contributed by atoms with van der Waals surface area (Å²) >= 11 is 0. The Morgan fingerprint density at radius 2 is 1.14 bits per heavy atom. The van der Waals surface area contributed by atoms with Gasteiger partial charge < -0.3 is 24.9 Å². The van der Waals surface area contributed by atoms with Gasteiger partial charge in [0.15, 0.2) is 0 Å². The number of carbonyl (C=O) groups is 1. The molecule has 0 saturated heterocycles. The summed E-state index contributed by atoms with van der Waals surface area (Å²) in [7, 11) is 7.64. The van der Waals surface area contributed by atoms with Gasteiger partial charge in [-0.1, -0.05) is 0 Å². The van der Waals surface area contributed by atoms with Gasteiger partial charge in [0.1, 0.15) is 0 Å². The molecular weight excluding hydrogens is 552 g/mol. The number of aromatic amines is 2. The van der Waals surface area contributed by atoms with E-state index >= 15 is 0 Å². The van der Waals surface area contributed by atoms with Gasteiger partial charge in [0, 0.05) is 34.6 Å². The average Bonchev–Trinajstić information content (AvgIpc) is 2.96. The molecule has 6 aromatic rings. The van der Waals surface area contributed by atoms with E-state index in [0.29, 0.717) is 42.5 Å². The molecule has 6 rings (SSSR count). The molecule has 12 nitrogen and oxygen atoms in total. The number of nitrogens with one attached hydrogen (secondary N) is 2. The Kier molecular flexibility index (Phi) is 6.90. The molecule has 0 aliphatic rings. The summed E-state index contributed by atoms with van der Waals surface area (Å²) in [6.45, 7) is 1.70. The minimum Gasteiger partial charge on any atom is -0.478 e. The SMILES string of the molecule is CN(C)CCCn1c(=O)c2ccc3c(=O)n(CCCN(C)C)c(=O)c4c5[nH]c6cc(C(=O)O)ccc6[nH]c5c(c1=O)c2c34. The Balaban J connectivity index is 1.81. The van der Waals surface area contributed by atoms with Crippen LogP contribution in [0.3, 0.4) is 0 Å². The smallest absolute Gasteiger partial charge is 0.335 e. The Hall–Kier alpha value is -4.81. The number of carboxylic acid groups (broad SMARTS) is 1. The van der Waals surface area contributed by atoms with Crippen LogP contribution >= 0.6 is 0 Å². The summed E-state index contributed by atoms with van der Waals surface area (Å²) in [5, 5.41) is 10.9. The maximum Gasteiger partial charge on any atom is 0.335 e. The zero-order chi connectivity index (χ0) is 30.7. The fraction of sp³-hybridized carbons (Fsp3) is 0.323. The standard InChI is InChI=1S/C31H32N6O6/c1-34(2)11-5-13-36-27(38)17-8-9-18-22-21(17)23(29(36)40)25-26(33-20-15-16(31(42)43)7-10-19(20)32-25)24(22)30(41)37(28(18)39)14-6-12-35(3)4/h7-10,15,32-33H,5-6,11-14H2,1-4H3,(H,42,43). The average molecular weight is 585 g/mol. The molecule has 12 heteroatoms. The van der Waals surface area contributed by atoms with Crippen molar-refractivity contribution in [2.45, 2.75) is 25.9 Å². The van der Waals surface area contributed by atoms with Crippen LogP contribution in [-0.4, -0.2) is 81.3 Å². The molecule has 0 amide bonds. The fourth-order valence-corrected chi connectivity index (χ4v) is 6.06. The van der Waals surface area contributed by atoms with Gasteiger partial charge >= 0.3 is 5.97 Å². The first-order chi connectivity index (χ1) is 20.5. The minimum absolute atomic E-state index is 0.0378. The van der Waals surface area contributed by atoms with Gasteiger partial charge in [-0.2, -0.15) is 0 Å². The fourth-order valence-electron chi connectivity index (χ4n) is 6.06. The van der Waals surface area contributed by atoms with Gasteiger partial charge in [-0.3, -0.25) is 28.3 Å². The van der Waals surface area contributed by atoms with Crippen molar-refractivity contribution in [1.82, 2.24) is 28.9 Å². The highest BCUT2D eigenvalue weighted by Crippen LogP contribution is 2.35. The molecule has 43 heavy (non-hydrogen) atoms. The van der Waals surface area contributed by atoms with E-state index in [0.717, 1.165) is 0 Å². The number of hydrogen-bond donors (Lipinski definition) is 3. The molecule has 0 fully saturated rings. The largest absolute Gasteiger partial charge is 0.478 e. The molecular formula is C31H32N6O6. The third-order valence-corrected chi connectivity index (χ3v) is 8.08. The minimum atomic E-state index is -1.12. The van der Waals surface area contributed by atoms with E-state index in [1.165, 1.54) is 21.3 Å². The van der Waals surface area contributed by atoms with Gasteiger partial charge in [0.25, 0.3) is 22.2 Å². The van der Waals surface area contributed by atoms with Crippen molar-refractivity contribution in [2.24, 2.45) is 0 Å². The van der Waals surface area contributed by atoms with Gasteiger partial charge in [0.2, 0.25) is 0 Å². The monoisotopic (exact) mass is 584 g/mol. The molecule has 222 valence electrons. The van der Waals surface area contributed by atoms with E-state index in [-0.39, 0.29) is 56.5 Å². The van der Waals surface area contributed by atoms with Crippen LogP contribution in [0.2, 0.25) is 0 Å². The molecule has 3 aromatic heterocycles. The second kappa shape index (κ2) is 10.5. The lowest BCUT2D eigenvalue weighted by molar-refractivity contribution is 0.0697. The van der Waals surface area contributed by atoms with Gasteiger partial charge in [-0.15, -0.1) is 0 Å². The number of fused-ring (bicyclic) bond motifs is 4. The summed E-state index contributed by atoms with van der Waals surface area (Å²) in [4.78, 5) is 77.9. The van der Waals surface area contributed by atoms with E-state index in [9.17, 15) is 29.1 Å². The quantitative estimate of drug-likeness (QED) is 0.173. The molecule has 0 radical (unpaired) electrons. The number of hydrogen-bond acceptors (Lipinski definition) is 7. The van der Waals surface area contributed by atoms with Crippen LogP contribution in [0, 0.1) is 0 Å². The zero-order valence-corrected chi connectivity index (χ0v) is 24.4. The van der Waals surface area contributed by atoms with Gasteiger partial charge in [0.05, 0.1) is 38.4 Å². The second-order valence-electron chi connectivity index (χ2n) is 11.6. The third kappa shape index (κ3) is 4.50. The molecule has 0 bridgehead atoms. The number of pyridine rings is 2. The van der Waals surface area contributed by atoms with Crippen LogP contribution < -0.4 is 22.2 Å². The lowest BCUT2D eigenvalue weighted by atomic mass is 9.94. The number of aromatic carboxylic acids is 1. The van der Waals surface area contributed by atoms with Crippen LogP contribution in [0.1, 0.15) is 23.2 Å². The number of nitrogens with zero attached hydrogens (tertiary/aromatic N) is 4. The normalized spacial score (nSPS) is 12.3. The highest BCUT2D eigenvalue weighted by molar-refractivity contribution is 6.32. The lowest BCUT2D eigenvalue weighted by Crippen LogP contribution is -2.36. The number of benzene rings is 3. The van der Waals surface area contributed by atoms with Crippen molar-refractivity contribution in [2.75, 3.05) is 41.3 Å². The van der Waals surface area contributed by atoms with Crippen LogP contribution in [0.15, 0.2) is 49.5 Å². The molecule has 3 aromatic carbocycles. The topological polar surface area (TPSA) is 154 Å². The van der Waals surface area contributed by atoms with Crippen LogP contribution in [0.5, 0.6) is 0 Å². The molecule has 0 aliphatic carbocycles. The predicted molar refractivity (Wildman–Crippen MR) is 168 cm³/mol. The van der Waals surface area contributed by atoms with Gasteiger partial charge in [-0.25, -0.2) is 4.79 Å². The first kappa shape index (κ1) is 28.3. The van der Waals surface area contributed by atoms with E-state index in [1.807, 2.05) is 38.0 Å². The summed E-state index contributed by atoms with van der Waals surface area (Å²) in [5.41, 5.74) is -0.513. The third-order valence-electron chi connectivity index (χ3n) is 8.08. The first-order valence-electron chi connectivity index (χ1n) is 14.1. The Labute approximate surface area is 243 Å². The summed E-state index contributed by atoms with van der Waals surface area (Å²) < 4.78 is 2.42. The predicted octanol–water partition coefficient (Wildman–Crippen LogP) is 2.19. The zero-order valence-electron chi connectivity index (χ0n) is 24.4. The molecule has 3 heterocycles. The molecule has 0 saturated carbocycles. The number of aromatic nitrogens is 4. The summed E-state index contributed by atoms with van der Waals surface area (Å²) in [5.74, 6) is -1.12. The molecule has 0 unspecified atom stereocenters. The maximum absolute atomic E-state index is 14.2. The van der Waals surface area contributed by atoms with Crippen LogP contribution in [-0.2, 0) is 13.1 Å². The molecule has 0 spiro atoms.